The summed E-state index contributed by atoms with van der Waals surface area (Å²) >= 11 is 6.08. The summed E-state index contributed by atoms with van der Waals surface area (Å²) in [7, 11) is 0. The number of hydrogen-bond donors (Lipinski definition) is 1. The van der Waals surface area contributed by atoms with Gasteiger partial charge in [-0.1, -0.05) is 18.5 Å². The van der Waals surface area contributed by atoms with Crippen LogP contribution in [0.25, 0.3) is 11.0 Å². The minimum Gasteiger partial charge on any atom is -0.478 e. The molecule has 0 aliphatic rings. The smallest absolute Gasteiger partial charge is 0.338 e. The highest BCUT2D eigenvalue weighted by atomic mass is 35.5. The van der Waals surface area contributed by atoms with Gasteiger partial charge in [-0.3, -0.25) is 0 Å². The Morgan fingerprint density at radius 2 is 2.29 bits per heavy atom. The molecule has 0 fully saturated rings. The Morgan fingerprint density at radius 3 is 2.88 bits per heavy atom. The predicted octanol–water partition coefficient (Wildman–Crippen LogP) is 2.50. The highest BCUT2D eigenvalue weighted by molar-refractivity contribution is 6.38. The maximum atomic E-state index is 11.0. The largest absolute Gasteiger partial charge is 0.478 e. The number of aromatic nitrogens is 3. The Labute approximate surface area is 103 Å². The van der Waals surface area contributed by atoms with Crippen LogP contribution >= 0.6 is 11.6 Å². The number of aryl methyl sites for hydroxylation is 2. The van der Waals surface area contributed by atoms with Gasteiger partial charge in [0.1, 0.15) is 0 Å². The summed E-state index contributed by atoms with van der Waals surface area (Å²) in [5, 5.41) is 14.1. The molecule has 2 rings (SSSR count). The first-order chi connectivity index (χ1) is 8.06. The van der Waals surface area contributed by atoms with E-state index in [0.29, 0.717) is 16.7 Å². The zero-order valence-corrected chi connectivity index (χ0v) is 10.3. The lowest BCUT2D eigenvalue weighted by Gasteiger charge is -2.02. The van der Waals surface area contributed by atoms with Crippen molar-refractivity contribution in [1.82, 2.24) is 14.8 Å². The number of aromatic carboxylic acids is 1. The van der Waals surface area contributed by atoms with E-state index in [1.54, 1.807) is 11.6 Å². The number of hydrogen-bond acceptors (Lipinski definition) is 3. The zero-order valence-electron chi connectivity index (χ0n) is 9.57. The average molecular weight is 254 g/mol. The molecule has 0 saturated heterocycles. The standard InChI is InChI=1S/C11H12ClN3O2/c1-3-4-15-10-8(6(2)14-15)9(12)7(5-13-10)11(16)17/h5H,3-4H2,1-2H3,(H,16,17). The number of nitrogens with zero attached hydrogens (tertiary/aromatic N) is 3. The Hall–Kier alpha value is -1.62. The van der Waals surface area contributed by atoms with Crippen LogP contribution in [0.1, 0.15) is 29.4 Å². The molecule has 0 bridgehead atoms. The van der Waals surface area contributed by atoms with Gasteiger partial charge in [-0.05, 0) is 13.3 Å². The summed E-state index contributed by atoms with van der Waals surface area (Å²) in [5.74, 6) is -1.08. The molecule has 0 aliphatic carbocycles. The van der Waals surface area contributed by atoms with E-state index >= 15 is 0 Å². The fourth-order valence-electron chi connectivity index (χ4n) is 1.79. The van der Waals surface area contributed by atoms with E-state index in [2.05, 4.69) is 10.1 Å². The lowest BCUT2D eigenvalue weighted by molar-refractivity contribution is 0.0697. The van der Waals surface area contributed by atoms with Gasteiger partial charge in [0.25, 0.3) is 0 Å². The quantitative estimate of drug-likeness (QED) is 0.913. The van der Waals surface area contributed by atoms with Gasteiger partial charge in [0.15, 0.2) is 5.65 Å². The second kappa shape index (κ2) is 4.33. The SMILES string of the molecule is CCCn1nc(C)c2c(Cl)c(C(=O)O)cnc21. The minimum atomic E-state index is -1.08. The molecular formula is C11H12ClN3O2. The molecule has 0 saturated carbocycles. The van der Waals surface area contributed by atoms with Crippen molar-refractivity contribution in [3.63, 3.8) is 0 Å². The summed E-state index contributed by atoms with van der Waals surface area (Å²) in [6, 6.07) is 0. The molecule has 6 heteroatoms. The van der Waals surface area contributed by atoms with Gasteiger partial charge in [0.2, 0.25) is 0 Å². The van der Waals surface area contributed by atoms with Crippen LogP contribution in [0.5, 0.6) is 0 Å². The molecule has 0 unspecified atom stereocenters. The highest BCUT2D eigenvalue weighted by Gasteiger charge is 2.18. The topological polar surface area (TPSA) is 68.0 Å². The molecule has 0 aromatic carbocycles. The number of carboxylic acids is 1. The number of carboxylic acid groups (broad SMARTS) is 1. The Bertz CT molecular complexity index is 592. The van der Waals surface area contributed by atoms with Crippen molar-refractivity contribution in [2.45, 2.75) is 26.8 Å². The Kier molecular flexibility index (Phi) is 3.02. The van der Waals surface area contributed by atoms with Crippen LogP contribution in [-0.2, 0) is 6.54 Å². The van der Waals surface area contributed by atoms with Crippen molar-refractivity contribution >= 4 is 28.6 Å². The van der Waals surface area contributed by atoms with E-state index in [9.17, 15) is 4.79 Å². The molecule has 0 aliphatic heterocycles. The van der Waals surface area contributed by atoms with Crippen molar-refractivity contribution in [1.29, 1.82) is 0 Å². The fraction of sp³-hybridized carbons (Fsp3) is 0.364. The van der Waals surface area contributed by atoms with Crippen molar-refractivity contribution in [2.75, 3.05) is 0 Å². The summed E-state index contributed by atoms with van der Waals surface area (Å²) in [6.45, 7) is 4.57. The summed E-state index contributed by atoms with van der Waals surface area (Å²) in [5.41, 5.74) is 1.35. The average Bonchev–Trinajstić information content (AvgIpc) is 2.57. The minimum absolute atomic E-state index is 0.0123. The van der Waals surface area contributed by atoms with Gasteiger partial charge < -0.3 is 5.11 Å². The van der Waals surface area contributed by atoms with E-state index in [1.807, 2.05) is 6.92 Å². The summed E-state index contributed by atoms with van der Waals surface area (Å²) in [4.78, 5) is 15.1. The van der Waals surface area contributed by atoms with E-state index in [-0.39, 0.29) is 10.6 Å². The highest BCUT2D eigenvalue weighted by Crippen LogP contribution is 2.28. The van der Waals surface area contributed by atoms with Crippen molar-refractivity contribution in [2.24, 2.45) is 0 Å². The molecule has 2 aromatic rings. The zero-order chi connectivity index (χ0) is 12.6. The fourth-order valence-corrected chi connectivity index (χ4v) is 2.14. The van der Waals surface area contributed by atoms with Crippen LogP contribution in [0, 0.1) is 6.92 Å². The number of fused-ring (bicyclic) bond motifs is 1. The van der Waals surface area contributed by atoms with Gasteiger partial charge in [-0.15, -0.1) is 0 Å². The third-order valence-electron chi connectivity index (χ3n) is 2.54. The van der Waals surface area contributed by atoms with E-state index in [1.165, 1.54) is 6.20 Å². The molecule has 90 valence electrons. The second-order valence-corrected chi connectivity index (χ2v) is 4.18. The summed E-state index contributed by atoms with van der Waals surface area (Å²) in [6.07, 6.45) is 2.20. The third kappa shape index (κ3) is 1.86. The lowest BCUT2D eigenvalue weighted by atomic mass is 10.2. The van der Waals surface area contributed by atoms with E-state index in [4.69, 9.17) is 16.7 Å². The van der Waals surface area contributed by atoms with Crippen LogP contribution in [0.2, 0.25) is 5.02 Å². The molecule has 0 spiro atoms. The van der Waals surface area contributed by atoms with Crippen LogP contribution in [0.4, 0.5) is 0 Å². The third-order valence-corrected chi connectivity index (χ3v) is 2.93. The molecule has 2 aromatic heterocycles. The molecule has 2 heterocycles. The predicted molar refractivity (Wildman–Crippen MR) is 64.5 cm³/mol. The second-order valence-electron chi connectivity index (χ2n) is 3.80. The first-order valence-corrected chi connectivity index (χ1v) is 5.69. The Morgan fingerprint density at radius 1 is 1.59 bits per heavy atom. The lowest BCUT2D eigenvalue weighted by Crippen LogP contribution is -2.02. The first-order valence-electron chi connectivity index (χ1n) is 5.31. The number of halogens is 1. The van der Waals surface area contributed by atoms with Crippen molar-refractivity contribution in [3.8, 4) is 0 Å². The van der Waals surface area contributed by atoms with Crippen LogP contribution in [0.15, 0.2) is 6.20 Å². The molecule has 5 nitrogen and oxygen atoms in total. The van der Waals surface area contributed by atoms with Crippen molar-refractivity contribution < 1.29 is 9.90 Å². The normalized spacial score (nSPS) is 11.0. The van der Waals surface area contributed by atoms with Gasteiger partial charge in [0.05, 0.1) is 21.7 Å². The molecular weight excluding hydrogens is 242 g/mol. The molecule has 1 N–H and O–H groups in total. The van der Waals surface area contributed by atoms with E-state index < -0.39 is 5.97 Å². The molecule has 0 radical (unpaired) electrons. The molecule has 0 amide bonds. The van der Waals surface area contributed by atoms with E-state index in [0.717, 1.165) is 13.0 Å². The molecule has 0 atom stereocenters. The maximum absolute atomic E-state index is 11.0. The summed E-state index contributed by atoms with van der Waals surface area (Å²) < 4.78 is 1.75. The number of pyridine rings is 1. The van der Waals surface area contributed by atoms with Gasteiger partial charge in [-0.2, -0.15) is 5.10 Å². The number of carbonyl (C=O) groups is 1. The van der Waals surface area contributed by atoms with Gasteiger partial charge >= 0.3 is 5.97 Å². The first kappa shape index (κ1) is 11.9. The maximum Gasteiger partial charge on any atom is 0.338 e. The van der Waals surface area contributed by atoms with Gasteiger partial charge in [-0.25, -0.2) is 14.5 Å². The van der Waals surface area contributed by atoms with Crippen LogP contribution in [0.3, 0.4) is 0 Å². The molecule has 17 heavy (non-hydrogen) atoms. The van der Waals surface area contributed by atoms with Crippen LogP contribution in [-0.4, -0.2) is 25.8 Å². The van der Waals surface area contributed by atoms with Crippen molar-refractivity contribution in [3.05, 3.63) is 22.5 Å². The number of rotatable bonds is 3. The monoisotopic (exact) mass is 253 g/mol. The van der Waals surface area contributed by atoms with Gasteiger partial charge in [0, 0.05) is 12.7 Å². The van der Waals surface area contributed by atoms with Crippen LogP contribution < -0.4 is 0 Å². The Balaban J connectivity index is 2.74.